The molecule has 2 saturated heterocycles. The van der Waals surface area contributed by atoms with E-state index in [1.54, 1.807) is 0 Å². The first kappa shape index (κ1) is 25.5. The molecular weight excluding hydrogens is 474 g/mol. The minimum atomic E-state index is -2.03. The van der Waals surface area contributed by atoms with Crippen LogP contribution < -0.4 is 5.32 Å². The number of rotatable bonds is 8. The van der Waals surface area contributed by atoms with Crippen molar-refractivity contribution < 1.29 is 33.6 Å². The lowest BCUT2D eigenvalue weighted by Gasteiger charge is -2.52. The summed E-state index contributed by atoms with van der Waals surface area (Å²) in [5.74, 6) is -0.460. The van der Waals surface area contributed by atoms with Crippen LogP contribution in [0.25, 0.3) is 0 Å². The van der Waals surface area contributed by atoms with Crippen LogP contribution in [0.15, 0.2) is 91.0 Å². The summed E-state index contributed by atoms with van der Waals surface area (Å²) in [4.78, 5) is 12.3. The highest BCUT2D eigenvalue weighted by Gasteiger charge is 2.60. The standard InChI is InChI=1S/C29H31NO7/c1-20(31)30-29(32)26(33-17-21-11-5-2-6-12-21)25-24(19-34-27(37-25)23-15-9-4-10-16-23)36-28(29)35-18-22-13-7-3-8-14-22/h2-16,24-28,32H,17-19H2,1H3,(H,30,31)/t24-,25-,26+,27?,28+,29-/m1/s1. The molecule has 0 aliphatic carbocycles. The predicted octanol–water partition coefficient (Wildman–Crippen LogP) is 3.45. The van der Waals surface area contributed by atoms with Gasteiger partial charge in [0, 0.05) is 12.5 Å². The van der Waals surface area contributed by atoms with E-state index in [2.05, 4.69) is 5.32 Å². The topological polar surface area (TPSA) is 95.5 Å². The Bertz CT molecular complexity index is 1150. The number of hydrogen-bond donors (Lipinski definition) is 2. The third kappa shape index (κ3) is 5.91. The number of carbonyl (C=O) groups is 1. The normalized spacial score (nSPS) is 29.3. The minimum absolute atomic E-state index is 0.157. The van der Waals surface area contributed by atoms with Gasteiger partial charge >= 0.3 is 0 Å². The van der Waals surface area contributed by atoms with E-state index in [1.807, 2.05) is 91.0 Å². The van der Waals surface area contributed by atoms with Crippen LogP contribution in [0.5, 0.6) is 0 Å². The van der Waals surface area contributed by atoms with Crippen molar-refractivity contribution in [1.29, 1.82) is 0 Å². The van der Waals surface area contributed by atoms with Gasteiger partial charge in [0.25, 0.3) is 0 Å². The molecule has 8 nitrogen and oxygen atoms in total. The minimum Gasteiger partial charge on any atom is -0.365 e. The summed E-state index contributed by atoms with van der Waals surface area (Å²) in [6.45, 7) is 1.85. The van der Waals surface area contributed by atoms with E-state index in [0.29, 0.717) is 0 Å². The summed E-state index contributed by atoms with van der Waals surface area (Å²) >= 11 is 0. The summed E-state index contributed by atoms with van der Waals surface area (Å²) < 4.78 is 30.8. The van der Waals surface area contributed by atoms with Crippen LogP contribution in [-0.2, 0) is 41.7 Å². The maximum absolute atomic E-state index is 12.3. The van der Waals surface area contributed by atoms with E-state index in [1.165, 1.54) is 6.92 Å². The molecule has 2 fully saturated rings. The maximum Gasteiger partial charge on any atom is 0.219 e. The van der Waals surface area contributed by atoms with Crippen LogP contribution in [-0.4, -0.2) is 47.9 Å². The number of nitrogens with one attached hydrogen (secondary N) is 1. The first-order valence-electron chi connectivity index (χ1n) is 12.3. The van der Waals surface area contributed by atoms with Gasteiger partial charge in [-0.2, -0.15) is 0 Å². The molecule has 0 bridgehead atoms. The molecule has 0 aromatic heterocycles. The first-order chi connectivity index (χ1) is 18.0. The molecule has 1 amide bonds. The van der Waals surface area contributed by atoms with Crippen LogP contribution in [0, 0.1) is 0 Å². The molecule has 2 aliphatic heterocycles. The lowest BCUT2D eigenvalue weighted by atomic mass is 9.91. The quantitative estimate of drug-likeness (QED) is 0.453. The van der Waals surface area contributed by atoms with E-state index in [0.717, 1.165) is 16.7 Å². The fraction of sp³-hybridized carbons (Fsp3) is 0.345. The highest BCUT2D eigenvalue weighted by atomic mass is 16.8. The monoisotopic (exact) mass is 505 g/mol. The summed E-state index contributed by atoms with van der Waals surface area (Å²) in [6.07, 6.45) is -4.30. The summed E-state index contributed by atoms with van der Waals surface area (Å²) in [5.41, 5.74) is 0.590. The lowest BCUT2D eigenvalue weighted by Crippen LogP contribution is -2.75. The Morgan fingerprint density at radius 3 is 2.05 bits per heavy atom. The molecular formula is C29H31NO7. The SMILES string of the molecule is CC(=O)N[C@]1(O)[C@@H](OCc2ccccc2)O[C@@H]2COC(c3ccccc3)O[C@H]2[C@@H]1OCc1ccccc1. The molecule has 5 rings (SSSR count). The summed E-state index contributed by atoms with van der Waals surface area (Å²) in [7, 11) is 0. The van der Waals surface area contributed by atoms with Gasteiger partial charge in [-0.1, -0.05) is 91.0 Å². The zero-order valence-electron chi connectivity index (χ0n) is 20.6. The fourth-order valence-corrected chi connectivity index (χ4v) is 4.67. The highest BCUT2D eigenvalue weighted by molar-refractivity contribution is 5.73. The molecule has 0 saturated carbocycles. The van der Waals surface area contributed by atoms with Crippen molar-refractivity contribution in [3.05, 3.63) is 108 Å². The Hall–Kier alpha value is -3.11. The third-order valence-electron chi connectivity index (χ3n) is 6.41. The second-order valence-corrected chi connectivity index (χ2v) is 9.20. The Labute approximate surface area is 216 Å². The summed E-state index contributed by atoms with van der Waals surface area (Å²) in [5, 5.41) is 14.6. The number of carbonyl (C=O) groups excluding carboxylic acids is 1. The smallest absolute Gasteiger partial charge is 0.219 e. The van der Waals surface area contributed by atoms with Gasteiger partial charge in [0.15, 0.2) is 6.29 Å². The van der Waals surface area contributed by atoms with E-state index < -0.39 is 42.5 Å². The number of ether oxygens (including phenoxy) is 5. The average Bonchev–Trinajstić information content (AvgIpc) is 2.92. The van der Waals surface area contributed by atoms with E-state index in [-0.39, 0.29) is 19.8 Å². The third-order valence-corrected chi connectivity index (χ3v) is 6.41. The lowest BCUT2D eigenvalue weighted by molar-refractivity contribution is -0.398. The van der Waals surface area contributed by atoms with Crippen LogP contribution in [0.1, 0.15) is 29.9 Å². The molecule has 1 unspecified atom stereocenters. The van der Waals surface area contributed by atoms with Crippen LogP contribution in [0.2, 0.25) is 0 Å². The number of aliphatic hydroxyl groups is 1. The van der Waals surface area contributed by atoms with E-state index >= 15 is 0 Å². The molecule has 6 atom stereocenters. The van der Waals surface area contributed by atoms with Crippen molar-refractivity contribution in [2.24, 2.45) is 0 Å². The fourth-order valence-electron chi connectivity index (χ4n) is 4.67. The number of hydrogen-bond acceptors (Lipinski definition) is 7. The van der Waals surface area contributed by atoms with Gasteiger partial charge in [-0.25, -0.2) is 0 Å². The molecule has 0 radical (unpaired) electrons. The molecule has 2 aliphatic rings. The van der Waals surface area contributed by atoms with Crippen LogP contribution in [0.3, 0.4) is 0 Å². The van der Waals surface area contributed by atoms with Crippen molar-refractivity contribution in [1.82, 2.24) is 5.32 Å². The molecule has 3 aromatic rings. The molecule has 2 N–H and O–H groups in total. The van der Waals surface area contributed by atoms with Crippen molar-refractivity contribution in [2.75, 3.05) is 6.61 Å². The Morgan fingerprint density at radius 1 is 0.892 bits per heavy atom. The molecule has 37 heavy (non-hydrogen) atoms. The van der Waals surface area contributed by atoms with Gasteiger partial charge in [0.2, 0.25) is 17.9 Å². The second-order valence-electron chi connectivity index (χ2n) is 9.20. The summed E-state index contributed by atoms with van der Waals surface area (Å²) in [6, 6.07) is 28.6. The van der Waals surface area contributed by atoms with E-state index in [4.69, 9.17) is 23.7 Å². The second kappa shape index (κ2) is 11.5. The van der Waals surface area contributed by atoms with Gasteiger partial charge in [0.05, 0.1) is 19.8 Å². The molecule has 2 heterocycles. The van der Waals surface area contributed by atoms with Gasteiger partial charge in [-0.05, 0) is 11.1 Å². The molecule has 0 spiro atoms. The zero-order chi connectivity index (χ0) is 25.7. The Morgan fingerprint density at radius 2 is 1.46 bits per heavy atom. The largest absolute Gasteiger partial charge is 0.365 e. The van der Waals surface area contributed by atoms with Crippen LogP contribution >= 0.6 is 0 Å². The first-order valence-corrected chi connectivity index (χ1v) is 12.3. The Balaban J connectivity index is 1.44. The van der Waals surface area contributed by atoms with Gasteiger partial charge in [-0.3, -0.25) is 4.79 Å². The average molecular weight is 506 g/mol. The highest BCUT2D eigenvalue weighted by Crippen LogP contribution is 2.39. The van der Waals surface area contributed by atoms with E-state index in [9.17, 15) is 9.90 Å². The zero-order valence-corrected chi connectivity index (χ0v) is 20.6. The molecule has 8 heteroatoms. The number of amides is 1. The van der Waals surface area contributed by atoms with Gasteiger partial charge in [-0.15, -0.1) is 0 Å². The number of benzene rings is 3. The number of fused-ring (bicyclic) bond motifs is 1. The molecule has 3 aromatic carbocycles. The predicted molar refractivity (Wildman–Crippen MR) is 134 cm³/mol. The van der Waals surface area contributed by atoms with Gasteiger partial charge in [0.1, 0.15) is 18.3 Å². The maximum atomic E-state index is 12.3. The van der Waals surface area contributed by atoms with Crippen molar-refractivity contribution in [3.63, 3.8) is 0 Å². The van der Waals surface area contributed by atoms with Crippen molar-refractivity contribution in [2.45, 2.75) is 56.8 Å². The Kier molecular flexibility index (Phi) is 7.95. The molecule has 194 valence electrons. The van der Waals surface area contributed by atoms with Crippen molar-refractivity contribution >= 4 is 5.91 Å². The van der Waals surface area contributed by atoms with Gasteiger partial charge < -0.3 is 34.1 Å². The van der Waals surface area contributed by atoms with Crippen LogP contribution in [0.4, 0.5) is 0 Å². The van der Waals surface area contributed by atoms with Crippen molar-refractivity contribution in [3.8, 4) is 0 Å².